The van der Waals surface area contributed by atoms with Gasteiger partial charge in [-0.2, -0.15) is 0 Å². The number of morpholine rings is 1. The van der Waals surface area contributed by atoms with Crippen LogP contribution in [0.5, 0.6) is 0 Å². The number of carbonyl (C=O) groups excluding carboxylic acids is 2. The van der Waals surface area contributed by atoms with Crippen molar-refractivity contribution in [2.75, 3.05) is 44.2 Å². The zero-order valence-electron chi connectivity index (χ0n) is 15.8. The van der Waals surface area contributed by atoms with Gasteiger partial charge in [0, 0.05) is 31.7 Å². The lowest BCUT2D eigenvalue weighted by atomic mass is 10.0. The Labute approximate surface area is 165 Å². The molecule has 28 heavy (non-hydrogen) atoms. The molecular formula is C22H25N3O3. The molecule has 1 N–H and O–H groups in total. The van der Waals surface area contributed by atoms with E-state index in [4.69, 9.17) is 4.74 Å². The molecule has 2 saturated heterocycles. The average Bonchev–Trinajstić information content (AvgIpc) is 2.75. The van der Waals surface area contributed by atoms with E-state index >= 15 is 0 Å². The molecule has 0 bridgehead atoms. The van der Waals surface area contributed by atoms with Crippen molar-refractivity contribution in [2.45, 2.75) is 12.5 Å². The fourth-order valence-electron chi connectivity index (χ4n) is 3.79. The number of carbonyl (C=O) groups is 2. The van der Waals surface area contributed by atoms with Gasteiger partial charge in [-0.05, 0) is 11.6 Å². The maximum Gasteiger partial charge on any atom is 0.246 e. The second kappa shape index (κ2) is 8.54. The quantitative estimate of drug-likeness (QED) is 0.882. The largest absolute Gasteiger partial charge is 0.375 e. The zero-order chi connectivity index (χ0) is 19.3. The van der Waals surface area contributed by atoms with Crippen LogP contribution in [0.4, 0.5) is 5.69 Å². The Morgan fingerprint density at radius 1 is 1.07 bits per heavy atom. The Hall–Kier alpha value is -2.70. The number of ether oxygens (including phenoxy) is 1. The SMILES string of the molecule is O=C(C[C@@H]1CNCCO1)N1CCN(c2ccccc2-c2ccccc2)C(=O)C1. The minimum atomic E-state index is -0.104. The second-order valence-electron chi connectivity index (χ2n) is 7.14. The van der Waals surface area contributed by atoms with Crippen LogP contribution in [0.15, 0.2) is 54.6 Å². The van der Waals surface area contributed by atoms with E-state index in [9.17, 15) is 9.59 Å². The number of benzene rings is 2. The molecule has 2 aliphatic heterocycles. The molecule has 0 unspecified atom stereocenters. The Kier molecular flexibility index (Phi) is 5.69. The van der Waals surface area contributed by atoms with E-state index in [0.717, 1.165) is 23.4 Å². The molecule has 0 aliphatic carbocycles. The monoisotopic (exact) mass is 379 g/mol. The van der Waals surface area contributed by atoms with Crippen molar-refractivity contribution >= 4 is 17.5 Å². The molecule has 2 fully saturated rings. The molecule has 1 atom stereocenters. The van der Waals surface area contributed by atoms with Crippen molar-refractivity contribution in [1.82, 2.24) is 10.2 Å². The summed E-state index contributed by atoms with van der Waals surface area (Å²) in [4.78, 5) is 28.9. The summed E-state index contributed by atoms with van der Waals surface area (Å²) in [5.41, 5.74) is 3.00. The maximum atomic E-state index is 12.9. The molecule has 6 heteroatoms. The minimum Gasteiger partial charge on any atom is -0.375 e. The highest BCUT2D eigenvalue weighted by Crippen LogP contribution is 2.31. The summed E-state index contributed by atoms with van der Waals surface area (Å²) in [7, 11) is 0. The van der Waals surface area contributed by atoms with Crippen LogP contribution in [0.2, 0.25) is 0 Å². The molecule has 4 rings (SSSR count). The third-order valence-electron chi connectivity index (χ3n) is 5.26. The summed E-state index contributed by atoms with van der Waals surface area (Å²) in [6.45, 7) is 3.28. The van der Waals surface area contributed by atoms with Gasteiger partial charge >= 0.3 is 0 Å². The third-order valence-corrected chi connectivity index (χ3v) is 5.26. The van der Waals surface area contributed by atoms with Crippen molar-refractivity contribution in [3.05, 3.63) is 54.6 Å². The normalized spacial score (nSPS) is 20.3. The minimum absolute atomic E-state index is 0.0157. The summed E-state index contributed by atoms with van der Waals surface area (Å²) in [5, 5.41) is 3.23. The van der Waals surface area contributed by atoms with Crippen molar-refractivity contribution in [3.63, 3.8) is 0 Å². The number of nitrogens with one attached hydrogen (secondary N) is 1. The Morgan fingerprint density at radius 3 is 2.61 bits per heavy atom. The lowest BCUT2D eigenvalue weighted by Gasteiger charge is -2.36. The fraction of sp³-hybridized carbons (Fsp3) is 0.364. The standard InChI is InChI=1S/C22H25N3O3/c26-21(14-18-15-23-10-13-28-18)24-11-12-25(22(27)16-24)20-9-5-4-8-19(20)17-6-2-1-3-7-17/h1-9,18,23H,10-16H2/t18-/m1/s1. The highest BCUT2D eigenvalue weighted by atomic mass is 16.5. The summed E-state index contributed by atoms with van der Waals surface area (Å²) in [5.74, 6) is -0.0660. The smallest absolute Gasteiger partial charge is 0.246 e. The fourth-order valence-corrected chi connectivity index (χ4v) is 3.79. The van der Waals surface area contributed by atoms with E-state index < -0.39 is 0 Å². The van der Waals surface area contributed by atoms with Gasteiger partial charge in [-0.1, -0.05) is 48.5 Å². The first kappa shape index (κ1) is 18.7. The summed E-state index contributed by atoms with van der Waals surface area (Å²) < 4.78 is 5.62. The number of nitrogens with zero attached hydrogens (tertiary/aromatic N) is 2. The zero-order valence-corrected chi connectivity index (χ0v) is 15.8. The Morgan fingerprint density at radius 2 is 1.86 bits per heavy atom. The Balaban J connectivity index is 1.45. The first-order chi connectivity index (χ1) is 13.7. The van der Waals surface area contributed by atoms with E-state index in [1.807, 2.05) is 54.6 Å². The summed E-state index contributed by atoms with van der Waals surface area (Å²) in [6.07, 6.45) is 0.217. The van der Waals surface area contributed by atoms with Crippen molar-refractivity contribution in [1.29, 1.82) is 0 Å². The molecule has 2 heterocycles. The number of hydrogen-bond donors (Lipinski definition) is 1. The molecule has 0 spiro atoms. The predicted octanol–water partition coefficient (Wildman–Crippen LogP) is 1.91. The first-order valence-electron chi connectivity index (χ1n) is 9.77. The second-order valence-corrected chi connectivity index (χ2v) is 7.14. The molecule has 0 saturated carbocycles. The Bertz CT molecular complexity index is 834. The van der Waals surface area contributed by atoms with Crippen LogP contribution < -0.4 is 10.2 Å². The molecule has 2 aromatic rings. The topological polar surface area (TPSA) is 61.9 Å². The van der Waals surface area contributed by atoms with Gasteiger partial charge in [-0.25, -0.2) is 0 Å². The van der Waals surface area contributed by atoms with Gasteiger partial charge in [-0.15, -0.1) is 0 Å². The molecule has 0 aromatic heterocycles. The lowest BCUT2D eigenvalue weighted by molar-refractivity contribution is -0.139. The van der Waals surface area contributed by atoms with Gasteiger partial charge in [0.2, 0.25) is 11.8 Å². The van der Waals surface area contributed by atoms with Gasteiger partial charge < -0.3 is 19.9 Å². The molecular weight excluding hydrogens is 354 g/mol. The van der Waals surface area contributed by atoms with Gasteiger partial charge in [-0.3, -0.25) is 9.59 Å². The van der Waals surface area contributed by atoms with E-state index in [-0.39, 0.29) is 24.5 Å². The van der Waals surface area contributed by atoms with E-state index in [1.165, 1.54) is 0 Å². The van der Waals surface area contributed by atoms with Gasteiger partial charge in [0.1, 0.15) is 6.54 Å². The molecule has 2 aromatic carbocycles. The first-order valence-corrected chi connectivity index (χ1v) is 9.77. The van der Waals surface area contributed by atoms with Crippen molar-refractivity contribution < 1.29 is 14.3 Å². The molecule has 0 radical (unpaired) electrons. The molecule has 146 valence electrons. The maximum absolute atomic E-state index is 12.9. The van der Waals surface area contributed by atoms with E-state index in [1.54, 1.807) is 9.80 Å². The van der Waals surface area contributed by atoms with Crippen LogP contribution in [-0.2, 0) is 14.3 Å². The van der Waals surface area contributed by atoms with E-state index in [2.05, 4.69) is 5.32 Å². The van der Waals surface area contributed by atoms with Gasteiger partial charge in [0.05, 0.1) is 24.8 Å². The highest BCUT2D eigenvalue weighted by molar-refractivity contribution is 6.01. The average molecular weight is 379 g/mol. The number of para-hydroxylation sites is 1. The van der Waals surface area contributed by atoms with Crippen molar-refractivity contribution in [3.8, 4) is 11.1 Å². The van der Waals surface area contributed by atoms with Gasteiger partial charge in [0.25, 0.3) is 0 Å². The van der Waals surface area contributed by atoms with E-state index in [0.29, 0.717) is 32.7 Å². The number of hydrogen-bond acceptors (Lipinski definition) is 4. The third kappa shape index (κ3) is 4.08. The van der Waals surface area contributed by atoms with Crippen LogP contribution in [0.3, 0.4) is 0 Å². The molecule has 2 aliphatic rings. The summed E-state index contributed by atoms with van der Waals surface area (Å²) >= 11 is 0. The summed E-state index contributed by atoms with van der Waals surface area (Å²) in [6, 6.07) is 18.0. The molecule has 2 amide bonds. The number of rotatable bonds is 4. The van der Waals surface area contributed by atoms with Crippen molar-refractivity contribution in [2.24, 2.45) is 0 Å². The van der Waals surface area contributed by atoms with Crippen LogP contribution in [-0.4, -0.2) is 62.1 Å². The number of piperazine rings is 1. The number of amides is 2. The lowest BCUT2D eigenvalue weighted by Crippen LogP contribution is -2.53. The predicted molar refractivity (Wildman–Crippen MR) is 108 cm³/mol. The number of anilines is 1. The molecule has 6 nitrogen and oxygen atoms in total. The van der Waals surface area contributed by atoms with Crippen LogP contribution in [0.1, 0.15) is 6.42 Å². The van der Waals surface area contributed by atoms with Crippen LogP contribution in [0.25, 0.3) is 11.1 Å². The van der Waals surface area contributed by atoms with Crippen LogP contribution in [0, 0.1) is 0 Å². The van der Waals surface area contributed by atoms with Crippen LogP contribution >= 0.6 is 0 Å². The highest BCUT2D eigenvalue weighted by Gasteiger charge is 2.30. The van der Waals surface area contributed by atoms with Gasteiger partial charge in [0.15, 0.2) is 0 Å².